The standard InChI is InChI=1S/C18H13ClN2O2/c19-13-6-2-1-5-11(13)17(23)12-9-10-16(22)21-15-8-4-3-7-14(15)20-18(12)21/h1-2,4-6,8-10,15H,3,7H2/t15-/m0/s1. The number of aromatic nitrogens is 1. The Balaban J connectivity index is 1.90. The van der Waals surface area contributed by atoms with Crippen LogP contribution < -0.4 is 5.56 Å². The van der Waals surface area contributed by atoms with Crippen LogP contribution in [0.1, 0.15) is 34.8 Å². The number of ketones is 1. The van der Waals surface area contributed by atoms with Gasteiger partial charge in [-0.1, -0.05) is 35.9 Å². The van der Waals surface area contributed by atoms with Gasteiger partial charge in [0.15, 0.2) is 5.78 Å². The molecule has 1 atom stereocenters. The number of pyridine rings is 1. The number of hydrogen-bond donors (Lipinski definition) is 0. The zero-order chi connectivity index (χ0) is 16.0. The molecule has 23 heavy (non-hydrogen) atoms. The van der Waals surface area contributed by atoms with Gasteiger partial charge in [0.25, 0.3) is 5.56 Å². The van der Waals surface area contributed by atoms with Crippen LogP contribution in [0.4, 0.5) is 5.82 Å². The van der Waals surface area contributed by atoms with Gasteiger partial charge in [-0.2, -0.15) is 0 Å². The van der Waals surface area contributed by atoms with Gasteiger partial charge in [0.05, 0.1) is 16.6 Å². The minimum absolute atomic E-state index is 0.147. The Kier molecular flexibility index (Phi) is 3.27. The number of allylic oxidation sites excluding steroid dienone is 2. The lowest BCUT2D eigenvalue weighted by Crippen LogP contribution is -2.26. The molecule has 0 saturated carbocycles. The summed E-state index contributed by atoms with van der Waals surface area (Å²) >= 11 is 6.14. The maximum absolute atomic E-state index is 12.9. The Morgan fingerprint density at radius 2 is 2.00 bits per heavy atom. The molecule has 2 aliphatic rings. The van der Waals surface area contributed by atoms with E-state index < -0.39 is 0 Å². The molecule has 2 heterocycles. The third-order valence-corrected chi connectivity index (χ3v) is 4.55. The molecule has 5 heteroatoms. The van der Waals surface area contributed by atoms with Crippen molar-refractivity contribution in [3.63, 3.8) is 0 Å². The quantitative estimate of drug-likeness (QED) is 0.624. The van der Waals surface area contributed by atoms with Crippen molar-refractivity contribution in [2.75, 3.05) is 0 Å². The molecule has 0 amide bonds. The Labute approximate surface area is 137 Å². The summed E-state index contributed by atoms with van der Waals surface area (Å²) in [5.41, 5.74) is 1.62. The highest BCUT2D eigenvalue weighted by Crippen LogP contribution is 2.35. The molecule has 0 unspecified atom stereocenters. The zero-order valence-electron chi connectivity index (χ0n) is 12.2. The van der Waals surface area contributed by atoms with Crippen molar-refractivity contribution >= 4 is 28.9 Å². The highest BCUT2D eigenvalue weighted by atomic mass is 35.5. The number of rotatable bonds is 2. The molecule has 0 saturated heterocycles. The Hall–Kier alpha value is -2.46. The van der Waals surface area contributed by atoms with Crippen LogP contribution >= 0.6 is 11.6 Å². The van der Waals surface area contributed by atoms with E-state index in [1.807, 2.05) is 12.2 Å². The molecule has 2 aromatic rings. The Morgan fingerprint density at radius 3 is 2.83 bits per heavy atom. The van der Waals surface area contributed by atoms with E-state index >= 15 is 0 Å². The van der Waals surface area contributed by atoms with E-state index in [0.717, 1.165) is 18.6 Å². The normalized spacial score (nSPS) is 18.3. The zero-order valence-corrected chi connectivity index (χ0v) is 13.0. The molecule has 0 spiro atoms. The van der Waals surface area contributed by atoms with Crippen molar-refractivity contribution in [2.45, 2.75) is 18.9 Å². The number of halogens is 1. The topological polar surface area (TPSA) is 51.4 Å². The maximum atomic E-state index is 12.9. The average molecular weight is 325 g/mol. The minimum atomic E-state index is -0.216. The summed E-state index contributed by atoms with van der Waals surface area (Å²) in [5, 5.41) is 0.394. The molecule has 0 N–H and O–H groups in total. The lowest BCUT2D eigenvalue weighted by atomic mass is 10.0. The van der Waals surface area contributed by atoms with E-state index in [9.17, 15) is 9.59 Å². The third kappa shape index (κ3) is 2.18. The predicted molar refractivity (Wildman–Crippen MR) is 90.1 cm³/mol. The van der Waals surface area contributed by atoms with Crippen molar-refractivity contribution in [2.24, 2.45) is 4.99 Å². The fourth-order valence-electron chi connectivity index (χ4n) is 3.10. The molecular weight excluding hydrogens is 312 g/mol. The number of aliphatic imine (C=N–C) groups is 1. The van der Waals surface area contributed by atoms with Crippen molar-refractivity contribution in [3.8, 4) is 0 Å². The summed E-state index contributed by atoms with van der Waals surface area (Å²) in [6, 6.07) is 9.71. The minimum Gasteiger partial charge on any atom is -0.288 e. The van der Waals surface area contributed by atoms with E-state index in [2.05, 4.69) is 4.99 Å². The second kappa shape index (κ2) is 5.32. The monoisotopic (exact) mass is 324 g/mol. The predicted octanol–water partition coefficient (Wildman–Crippen LogP) is 3.71. The fourth-order valence-corrected chi connectivity index (χ4v) is 3.32. The average Bonchev–Trinajstić information content (AvgIpc) is 2.95. The smallest absolute Gasteiger partial charge is 0.253 e. The third-order valence-electron chi connectivity index (χ3n) is 4.22. The Bertz CT molecular complexity index is 940. The number of carbonyl (C=O) groups excluding carboxylic acids is 1. The van der Waals surface area contributed by atoms with Crippen LogP contribution in [-0.4, -0.2) is 16.1 Å². The first-order valence-electron chi connectivity index (χ1n) is 7.46. The maximum Gasteiger partial charge on any atom is 0.253 e. The van der Waals surface area contributed by atoms with E-state index in [1.165, 1.54) is 6.07 Å². The van der Waals surface area contributed by atoms with Gasteiger partial charge in [0.1, 0.15) is 5.82 Å². The van der Waals surface area contributed by atoms with Crippen LogP contribution in [-0.2, 0) is 0 Å². The molecule has 1 aliphatic heterocycles. The summed E-state index contributed by atoms with van der Waals surface area (Å²) in [7, 11) is 0. The fraction of sp³-hybridized carbons (Fsp3) is 0.167. The molecule has 1 aromatic carbocycles. The number of hydrogen-bond acceptors (Lipinski definition) is 3. The van der Waals surface area contributed by atoms with Gasteiger partial charge >= 0.3 is 0 Å². The molecule has 1 aliphatic carbocycles. The van der Waals surface area contributed by atoms with Gasteiger partial charge in [0.2, 0.25) is 0 Å². The molecule has 4 nitrogen and oxygen atoms in total. The Morgan fingerprint density at radius 1 is 1.17 bits per heavy atom. The van der Waals surface area contributed by atoms with E-state index in [1.54, 1.807) is 34.9 Å². The second-order valence-corrected chi connectivity index (χ2v) is 6.01. The van der Waals surface area contributed by atoms with E-state index in [4.69, 9.17) is 11.6 Å². The first-order chi connectivity index (χ1) is 11.2. The van der Waals surface area contributed by atoms with Crippen molar-refractivity contribution < 1.29 is 4.79 Å². The highest BCUT2D eigenvalue weighted by molar-refractivity contribution is 6.35. The van der Waals surface area contributed by atoms with Crippen LogP contribution in [0, 0.1) is 0 Å². The van der Waals surface area contributed by atoms with E-state index in [0.29, 0.717) is 22.0 Å². The lowest BCUT2D eigenvalue weighted by Gasteiger charge is -2.16. The molecular formula is C18H13ClN2O2. The summed E-state index contributed by atoms with van der Waals surface area (Å²) in [4.78, 5) is 29.7. The molecule has 0 radical (unpaired) electrons. The number of benzene rings is 1. The highest BCUT2D eigenvalue weighted by Gasteiger charge is 2.30. The first-order valence-corrected chi connectivity index (χ1v) is 7.83. The van der Waals surface area contributed by atoms with Gasteiger partial charge in [-0.25, -0.2) is 4.99 Å². The van der Waals surface area contributed by atoms with Gasteiger partial charge in [0, 0.05) is 17.3 Å². The number of fused-ring (bicyclic) bond motifs is 3. The molecule has 4 rings (SSSR count). The van der Waals surface area contributed by atoms with Crippen molar-refractivity contribution in [3.05, 3.63) is 75.1 Å². The van der Waals surface area contributed by atoms with Crippen LogP contribution in [0.3, 0.4) is 0 Å². The largest absolute Gasteiger partial charge is 0.288 e. The van der Waals surface area contributed by atoms with Crippen LogP contribution in [0.25, 0.3) is 0 Å². The van der Waals surface area contributed by atoms with Crippen LogP contribution in [0.5, 0.6) is 0 Å². The van der Waals surface area contributed by atoms with Crippen molar-refractivity contribution in [1.82, 2.24) is 4.57 Å². The second-order valence-electron chi connectivity index (χ2n) is 5.60. The van der Waals surface area contributed by atoms with Crippen LogP contribution in [0.15, 0.2) is 58.3 Å². The van der Waals surface area contributed by atoms with E-state index in [-0.39, 0.29) is 17.4 Å². The van der Waals surface area contributed by atoms with Gasteiger partial charge in [-0.15, -0.1) is 0 Å². The summed E-state index contributed by atoms with van der Waals surface area (Å²) < 4.78 is 1.59. The molecule has 1 aromatic heterocycles. The summed E-state index contributed by atoms with van der Waals surface area (Å²) in [5.74, 6) is 0.222. The summed E-state index contributed by atoms with van der Waals surface area (Å²) in [6.07, 6.45) is 5.74. The SMILES string of the molecule is O=C(c1ccccc1Cl)c1ccc(=O)n2c1N=C1CCC=C[C@@H]12. The molecule has 114 valence electrons. The lowest BCUT2D eigenvalue weighted by molar-refractivity contribution is 0.103. The van der Waals surface area contributed by atoms with Crippen molar-refractivity contribution in [1.29, 1.82) is 0 Å². The van der Waals surface area contributed by atoms with Gasteiger partial charge < -0.3 is 0 Å². The number of nitrogens with zero attached hydrogens (tertiary/aromatic N) is 2. The van der Waals surface area contributed by atoms with Gasteiger partial charge in [-0.3, -0.25) is 14.2 Å². The first kappa shape index (κ1) is 14.2. The van der Waals surface area contributed by atoms with Gasteiger partial charge in [-0.05, 0) is 31.0 Å². The molecule has 0 bridgehead atoms. The van der Waals surface area contributed by atoms with Crippen LogP contribution in [0.2, 0.25) is 5.02 Å². The number of carbonyl (C=O) groups is 1. The summed E-state index contributed by atoms with van der Waals surface area (Å²) in [6.45, 7) is 0. The molecule has 0 fully saturated rings.